The van der Waals surface area contributed by atoms with Crippen LogP contribution in [0.1, 0.15) is 37.3 Å². The lowest BCUT2D eigenvalue weighted by atomic mass is 10.0. The predicted molar refractivity (Wildman–Crippen MR) is 79.5 cm³/mol. The standard InChI is InChI=1S/C16H22N2O2/c1-4-7-17-14(19)16(5-6-16)15(20)18-13-9-11(2)8-12(3)10-13/h8-10H,4-7H2,1-3H3,(H,17,19)(H,18,20). The molecule has 1 fully saturated rings. The van der Waals surface area contributed by atoms with Crippen molar-refractivity contribution in [1.29, 1.82) is 0 Å². The lowest BCUT2D eigenvalue weighted by Gasteiger charge is -2.15. The topological polar surface area (TPSA) is 58.2 Å². The van der Waals surface area contributed by atoms with Crippen LogP contribution in [0.2, 0.25) is 0 Å². The average Bonchev–Trinajstić information content (AvgIpc) is 3.16. The number of hydrogen-bond donors (Lipinski definition) is 2. The molecule has 4 nitrogen and oxygen atoms in total. The van der Waals surface area contributed by atoms with Crippen molar-refractivity contribution in [1.82, 2.24) is 5.32 Å². The third kappa shape index (κ3) is 3.00. The van der Waals surface area contributed by atoms with Crippen molar-refractivity contribution < 1.29 is 9.59 Å². The third-order valence-electron chi connectivity index (χ3n) is 3.63. The van der Waals surface area contributed by atoms with Crippen molar-refractivity contribution in [2.75, 3.05) is 11.9 Å². The van der Waals surface area contributed by atoms with Crippen molar-refractivity contribution in [2.24, 2.45) is 5.41 Å². The van der Waals surface area contributed by atoms with Gasteiger partial charge in [0.25, 0.3) is 0 Å². The largest absolute Gasteiger partial charge is 0.355 e. The second-order valence-electron chi connectivity index (χ2n) is 5.67. The molecule has 0 heterocycles. The number of aryl methyl sites for hydroxylation is 2. The molecule has 1 aliphatic rings. The molecule has 20 heavy (non-hydrogen) atoms. The van der Waals surface area contributed by atoms with Crippen molar-refractivity contribution in [3.63, 3.8) is 0 Å². The minimum absolute atomic E-state index is 0.138. The molecule has 2 amide bonds. The van der Waals surface area contributed by atoms with Crippen molar-refractivity contribution in [3.05, 3.63) is 29.3 Å². The van der Waals surface area contributed by atoms with Crippen LogP contribution in [0.25, 0.3) is 0 Å². The Labute approximate surface area is 119 Å². The summed E-state index contributed by atoms with van der Waals surface area (Å²) in [6.07, 6.45) is 2.15. The molecule has 0 atom stereocenters. The summed E-state index contributed by atoms with van der Waals surface area (Å²) in [7, 11) is 0. The normalized spacial score (nSPS) is 15.6. The van der Waals surface area contributed by atoms with Gasteiger partial charge in [0.2, 0.25) is 11.8 Å². The fourth-order valence-corrected chi connectivity index (χ4v) is 2.39. The van der Waals surface area contributed by atoms with Crippen LogP contribution in [-0.4, -0.2) is 18.4 Å². The van der Waals surface area contributed by atoms with E-state index in [1.165, 1.54) is 0 Å². The van der Waals surface area contributed by atoms with E-state index in [0.717, 1.165) is 23.2 Å². The molecule has 0 bridgehead atoms. The predicted octanol–water partition coefficient (Wildman–Crippen LogP) is 2.55. The minimum Gasteiger partial charge on any atom is -0.355 e. The van der Waals surface area contributed by atoms with Gasteiger partial charge in [0.15, 0.2) is 0 Å². The van der Waals surface area contributed by atoms with E-state index in [-0.39, 0.29) is 11.8 Å². The molecule has 4 heteroatoms. The first-order valence-corrected chi connectivity index (χ1v) is 7.16. The van der Waals surface area contributed by atoms with Gasteiger partial charge in [-0.1, -0.05) is 13.0 Å². The molecular formula is C16H22N2O2. The Morgan fingerprint density at radius 3 is 2.20 bits per heavy atom. The van der Waals surface area contributed by atoms with Gasteiger partial charge in [0.1, 0.15) is 5.41 Å². The lowest BCUT2D eigenvalue weighted by Crippen LogP contribution is -2.40. The van der Waals surface area contributed by atoms with Crippen LogP contribution in [0.15, 0.2) is 18.2 Å². The number of hydrogen-bond acceptors (Lipinski definition) is 2. The highest BCUT2D eigenvalue weighted by molar-refractivity contribution is 6.13. The molecule has 2 rings (SSSR count). The van der Waals surface area contributed by atoms with E-state index in [2.05, 4.69) is 16.7 Å². The number of carbonyl (C=O) groups excluding carboxylic acids is 2. The SMILES string of the molecule is CCCNC(=O)C1(C(=O)Nc2cc(C)cc(C)c2)CC1. The molecule has 1 aliphatic carbocycles. The molecule has 0 unspecified atom stereocenters. The summed E-state index contributed by atoms with van der Waals surface area (Å²) < 4.78 is 0. The first-order chi connectivity index (χ1) is 9.48. The summed E-state index contributed by atoms with van der Waals surface area (Å²) in [6.45, 7) is 6.60. The number of benzene rings is 1. The van der Waals surface area contributed by atoms with Gasteiger partial charge >= 0.3 is 0 Å². The number of nitrogens with one attached hydrogen (secondary N) is 2. The van der Waals surface area contributed by atoms with E-state index in [0.29, 0.717) is 19.4 Å². The van der Waals surface area contributed by atoms with Crippen LogP contribution in [-0.2, 0) is 9.59 Å². The highest BCUT2D eigenvalue weighted by atomic mass is 16.2. The second-order valence-corrected chi connectivity index (χ2v) is 5.67. The number of rotatable bonds is 5. The minimum atomic E-state index is -0.840. The van der Waals surface area contributed by atoms with Gasteiger partial charge in [-0.3, -0.25) is 9.59 Å². The Morgan fingerprint density at radius 1 is 1.10 bits per heavy atom. The molecule has 1 aromatic rings. The maximum atomic E-state index is 12.4. The maximum absolute atomic E-state index is 12.4. The molecule has 0 saturated heterocycles. The summed E-state index contributed by atoms with van der Waals surface area (Å²) >= 11 is 0. The first-order valence-electron chi connectivity index (χ1n) is 7.16. The lowest BCUT2D eigenvalue weighted by molar-refractivity contribution is -0.134. The molecule has 0 aromatic heterocycles. The van der Waals surface area contributed by atoms with E-state index in [4.69, 9.17) is 0 Å². The van der Waals surface area contributed by atoms with Crippen molar-refractivity contribution >= 4 is 17.5 Å². The summed E-state index contributed by atoms with van der Waals surface area (Å²) in [5.74, 6) is -0.322. The number of anilines is 1. The molecule has 0 aliphatic heterocycles. The third-order valence-corrected chi connectivity index (χ3v) is 3.63. The molecule has 0 radical (unpaired) electrons. The zero-order chi connectivity index (χ0) is 14.8. The van der Waals surface area contributed by atoms with Crippen LogP contribution in [0.5, 0.6) is 0 Å². The van der Waals surface area contributed by atoms with E-state index in [1.807, 2.05) is 32.9 Å². The fourth-order valence-electron chi connectivity index (χ4n) is 2.39. The van der Waals surface area contributed by atoms with Gasteiger partial charge in [-0.25, -0.2) is 0 Å². The van der Waals surface area contributed by atoms with Crippen LogP contribution in [0, 0.1) is 19.3 Å². The summed E-state index contributed by atoms with van der Waals surface area (Å²) in [5, 5.41) is 5.71. The second kappa shape index (κ2) is 5.65. The highest BCUT2D eigenvalue weighted by Gasteiger charge is 2.56. The van der Waals surface area contributed by atoms with Gasteiger partial charge in [0.05, 0.1) is 0 Å². The Bertz CT molecular complexity index is 513. The van der Waals surface area contributed by atoms with Crippen LogP contribution in [0.4, 0.5) is 5.69 Å². The van der Waals surface area contributed by atoms with Gasteiger partial charge in [-0.05, 0) is 56.4 Å². The molecule has 1 aromatic carbocycles. The molecule has 108 valence electrons. The fraction of sp³-hybridized carbons (Fsp3) is 0.500. The van der Waals surface area contributed by atoms with Gasteiger partial charge in [-0.2, -0.15) is 0 Å². The summed E-state index contributed by atoms with van der Waals surface area (Å²) in [4.78, 5) is 24.4. The quantitative estimate of drug-likeness (QED) is 0.811. The maximum Gasteiger partial charge on any atom is 0.240 e. The first kappa shape index (κ1) is 14.6. The smallest absolute Gasteiger partial charge is 0.240 e. The highest BCUT2D eigenvalue weighted by Crippen LogP contribution is 2.46. The van der Waals surface area contributed by atoms with Gasteiger partial charge < -0.3 is 10.6 Å². The Hall–Kier alpha value is -1.84. The molecule has 2 N–H and O–H groups in total. The van der Waals surface area contributed by atoms with Crippen LogP contribution < -0.4 is 10.6 Å². The van der Waals surface area contributed by atoms with E-state index >= 15 is 0 Å². The van der Waals surface area contributed by atoms with Gasteiger partial charge in [0, 0.05) is 12.2 Å². The van der Waals surface area contributed by atoms with E-state index in [1.54, 1.807) is 0 Å². The number of amides is 2. The Morgan fingerprint density at radius 2 is 1.70 bits per heavy atom. The van der Waals surface area contributed by atoms with Crippen molar-refractivity contribution in [2.45, 2.75) is 40.0 Å². The van der Waals surface area contributed by atoms with E-state index < -0.39 is 5.41 Å². The summed E-state index contributed by atoms with van der Waals surface area (Å²) in [6, 6.07) is 5.90. The van der Waals surface area contributed by atoms with Crippen molar-refractivity contribution in [3.8, 4) is 0 Å². The van der Waals surface area contributed by atoms with Gasteiger partial charge in [-0.15, -0.1) is 0 Å². The monoisotopic (exact) mass is 274 g/mol. The average molecular weight is 274 g/mol. The zero-order valence-electron chi connectivity index (χ0n) is 12.4. The van der Waals surface area contributed by atoms with E-state index in [9.17, 15) is 9.59 Å². The molecule has 0 spiro atoms. The molecular weight excluding hydrogens is 252 g/mol. The Balaban J connectivity index is 2.06. The molecule has 1 saturated carbocycles. The zero-order valence-corrected chi connectivity index (χ0v) is 12.4. The van der Waals surface area contributed by atoms with Crippen LogP contribution in [0.3, 0.4) is 0 Å². The number of carbonyl (C=O) groups is 2. The summed E-state index contributed by atoms with van der Waals surface area (Å²) in [5.41, 5.74) is 2.12. The van der Waals surface area contributed by atoms with Crippen LogP contribution >= 0.6 is 0 Å². The Kier molecular flexibility index (Phi) is 4.12.